The Bertz CT molecular complexity index is 25.1. The van der Waals surface area contributed by atoms with Crippen LogP contribution in [0.3, 0.4) is 0 Å². The molecule has 0 aromatic carbocycles. The van der Waals surface area contributed by atoms with E-state index in [9.17, 15) is 0 Å². The molecular formula is C2H7ClNOP. The normalized spacial score (nSPS) is 24.0. The van der Waals surface area contributed by atoms with Crippen LogP contribution in [0.5, 0.6) is 0 Å². The third-order valence-electron chi connectivity index (χ3n) is 0.473. The van der Waals surface area contributed by atoms with Crippen molar-refractivity contribution in [2.24, 2.45) is 0 Å². The minimum atomic E-state index is 0. The number of hydrogen-bond donors (Lipinski definition) is 1. The zero-order valence-corrected chi connectivity index (χ0v) is 5.05. The molecule has 1 fully saturated rings. The molecule has 0 aromatic rings. The van der Waals surface area contributed by atoms with E-state index >= 15 is 0 Å². The summed E-state index contributed by atoms with van der Waals surface area (Å²) < 4.78 is 0. The van der Waals surface area contributed by atoms with Crippen molar-refractivity contribution in [3.8, 4) is 0 Å². The van der Waals surface area contributed by atoms with Gasteiger partial charge in [0.1, 0.15) is 0 Å². The molecule has 1 aliphatic rings. The lowest BCUT2D eigenvalue weighted by Gasteiger charge is -1.79. The second-order valence-corrected chi connectivity index (χ2v) is 1.93. The van der Waals surface area contributed by atoms with Crippen molar-refractivity contribution in [3.63, 3.8) is 0 Å². The van der Waals surface area contributed by atoms with E-state index in [0.717, 1.165) is 15.3 Å². The molecule has 0 saturated carbocycles. The third kappa shape index (κ3) is 1.93. The van der Waals surface area contributed by atoms with Gasteiger partial charge in [-0.1, -0.05) is 0 Å². The Labute approximate surface area is 44.8 Å². The Hall–Kier alpha value is 0.640. The number of hydrogen-bond acceptors (Lipinski definition) is 2. The standard InChI is InChI=1S/C2H6NOP.ClH/c1-2-5-3-4-1;/h3,5H,1-2H2;1H. The Kier molecular flexibility index (Phi) is 4.22. The molecule has 0 aliphatic carbocycles. The largest absolute Gasteiger partial charge is 0.298 e. The maximum absolute atomic E-state index is 4.71. The molecule has 0 aromatic heterocycles. The van der Waals surface area contributed by atoms with Gasteiger partial charge < -0.3 is 0 Å². The first kappa shape index (κ1) is 6.64. The highest BCUT2D eigenvalue weighted by Gasteiger charge is 1.93. The summed E-state index contributed by atoms with van der Waals surface area (Å²) in [5.74, 6) is 0. The number of halogens is 1. The smallest absolute Gasteiger partial charge is 0.0735 e. The molecule has 1 N–H and O–H groups in total. The van der Waals surface area contributed by atoms with Crippen LogP contribution in [0, 0.1) is 0 Å². The maximum atomic E-state index is 4.71. The van der Waals surface area contributed by atoms with Gasteiger partial charge in [-0.3, -0.25) is 4.84 Å². The summed E-state index contributed by atoms with van der Waals surface area (Å²) >= 11 is 0. The maximum Gasteiger partial charge on any atom is 0.0735 e. The molecular weight excluding hydrogens is 120 g/mol. The van der Waals surface area contributed by atoms with Crippen LogP contribution in [0.15, 0.2) is 0 Å². The summed E-state index contributed by atoms with van der Waals surface area (Å²) in [4.78, 5) is 4.71. The fraction of sp³-hybridized carbons (Fsp3) is 1.00. The quantitative estimate of drug-likeness (QED) is 0.480. The van der Waals surface area contributed by atoms with Gasteiger partial charge in [0.2, 0.25) is 0 Å². The molecule has 0 amide bonds. The van der Waals surface area contributed by atoms with Crippen molar-refractivity contribution >= 4 is 21.1 Å². The van der Waals surface area contributed by atoms with Gasteiger partial charge in [-0.2, -0.15) is 5.25 Å². The molecule has 0 spiro atoms. The van der Waals surface area contributed by atoms with Crippen LogP contribution < -0.4 is 5.25 Å². The van der Waals surface area contributed by atoms with Gasteiger partial charge in [-0.25, -0.2) is 0 Å². The van der Waals surface area contributed by atoms with E-state index in [-0.39, 0.29) is 12.4 Å². The highest BCUT2D eigenvalue weighted by atomic mass is 35.5. The highest BCUT2D eigenvalue weighted by molar-refractivity contribution is 7.35. The Balaban J connectivity index is 0.000000250. The molecule has 6 heavy (non-hydrogen) atoms. The van der Waals surface area contributed by atoms with Gasteiger partial charge in [0, 0.05) is 6.16 Å². The van der Waals surface area contributed by atoms with Crippen molar-refractivity contribution in [2.75, 3.05) is 12.8 Å². The summed E-state index contributed by atoms with van der Waals surface area (Å²) in [6, 6.07) is 0. The summed E-state index contributed by atoms with van der Waals surface area (Å²) in [6.07, 6.45) is 1.19. The summed E-state index contributed by atoms with van der Waals surface area (Å²) in [7, 11) is 0.836. The Morgan fingerprint density at radius 3 is 2.67 bits per heavy atom. The van der Waals surface area contributed by atoms with Crippen molar-refractivity contribution in [1.82, 2.24) is 5.25 Å². The van der Waals surface area contributed by atoms with E-state index in [1.807, 2.05) is 0 Å². The molecule has 1 heterocycles. The van der Waals surface area contributed by atoms with Gasteiger partial charge in [-0.15, -0.1) is 12.4 Å². The van der Waals surface area contributed by atoms with Crippen LogP contribution in [0.2, 0.25) is 0 Å². The summed E-state index contributed by atoms with van der Waals surface area (Å²) in [5, 5.41) is 2.75. The molecule has 1 atom stereocenters. The van der Waals surface area contributed by atoms with E-state index in [2.05, 4.69) is 5.25 Å². The lowest BCUT2D eigenvalue weighted by molar-refractivity contribution is 0.132. The monoisotopic (exact) mass is 127 g/mol. The van der Waals surface area contributed by atoms with Crippen LogP contribution in [0.25, 0.3) is 0 Å². The molecule has 2 nitrogen and oxygen atoms in total. The van der Waals surface area contributed by atoms with Crippen LogP contribution in [-0.2, 0) is 4.84 Å². The predicted octanol–water partition coefficient (Wildman–Crippen LogP) is 0.536. The van der Waals surface area contributed by atoms with Crippen LogP contribution in [0.4, 0.5) is 0 Å². The van der Waals surface area contributed by atoms with Crippen LogP contribution in [0.1, 0.15) is 0 Å². The van der Waals surface area contributed by atoms with Crippen LogP contribution >= 0.6 is 21.1 Å². The molecule has 0 bridgehead atoms. The molecule has 1 rings (SSSR count). The molecule has 1 unspecified atom stereocenters. The second-order valence-electron chi connectivity index (χ2n) is 0.877. The van der Waals surface area contributed by atoms with Crippen molar-refractivity contribution in [1.29, 1.82) is 0 Å². The Morgan fingerprint density at radius 2 is 2.50 bits per heavy atom. The van der Waals surface area contributed by atoms with Gasteiger partial charge >= 0.3 is 0 Å². The zero-order valence-electron chi connectivity index (χ0n) is 3.23. The van der Waals surface area contributed by atoms with E-state index < -0.39 is 0 Å². The fourth-order valence-corrected chi connectivity index (χ4v) is 0.765. The average molecular weight is 128 g/mol. The minimum absolute atomic E-state index is 0. The molecule has 1 saturated heterocycles. The average Bonchev–Trinajstić information content (AvgIpc) is 1.76. The van der Waals surface area contributed by atoms with E-state index in [1.165, 1.54) is 6.16 Å². The zero-order chi connectivity index (χ0) is 3.54. The lowest BCUT2D eigenvalue weighted by atomic mass is 10.9. The minimum Gasteiger partial charge on any atom is -0.298 e. The van der Waals surface area contributed by atoms with Crippen molar-refractivity contribution in [2.45, 2.75) is 0 Å². The topological polar surface area (TPSA) is 21.3 Å². The van der Waals surface area contributed by atoms with Crippen molar-refractivity contribution in [3.05, 3.63) is 0 Å². The van der Waals surface area contributed by atoms with Gasteiger partial charge in [0.15, 0.2) is 0 Å². The first-order valence-corrected chi connectivity index (χ1v) is 2.80. The third-order valence-corrected chi connectivity index (χ3v) is 1.22. The molecule has 1 aliphatic heterocycles. The number of rotatable bonds is 0. The van der Waals surface area contributed by atoms with Crippen molar-refractivity contribution < 1.29 is 4.84 Å². The number of nitrogens with one attached hydrogen (secondary N) is 1. The molecule has 38 valence electrons. The van der Waals surface area contributed by atoms with E-state index in [4.69, 9.17) is 4.84 Å². The van der Waals surface area contributed by atoms with Crippen LogP contribution in [-0.4, -0.2) is 12.8 Å². The predicted molar refractivity (Wildman–Crippen MR) is 29.5 cm³/mol. The lowest BCUT2D eigenvalue weighted by Crippen LogP contribution is -1.90. The fourth-order valence-electron chi connectivity index (χ4n) is 0.255. The van der Waals surface area contributed by atoms with Gasteiger partial charge in [0.05, 0.1) is 6.61 Å². The van der Waals surface area contributed by atoms with E-state index in [0.29, 0.717) is 0 Å². The summed E-state index contributed by atoms with van der Waals surface area (Å²) in [6.45, 7) is 0.901. The highest BCUT2D eigenvalue weighted by Crippen LogP contribution is 2.07. The first-order chi connectivity index (χ1) is 2.50. The van der Waals surface area contributed by atoms with Gasteiger partial charge in [0.25, 0.3) is 0 Å². The second kappa shape index (κ2) is 3.82. The summed E-state index contributed by atoms with van der Waals surface area (Å²) in [5.41, 5.74) is 0. The SMILES string of the molecule is C1CPNO1.Cl. The first-order valence-electron chi connectivity index (χ1n) is 1.60. The molecule has 0 radical (unpaired) electrons. The Morgan fingerprint density at radius 1 is 1.67 bits per heavy atom. The van der Waals surface area contributed by atoms with E-state index in [1.54, 1.807) is 0 Å². The van der Waals surface area contributed by atoms with Gasteiger partial charge in [-0.05, 0) is 8.73 Å². The molecule has 4 heteroatoms.